The van der Waals surface area contributed by atoms with Gasteiger partial charge in [0, 0.05) is 18.9 Å². The molecule has 1 aliphatic heterocycles. The molecule has 1 aromatic carbocycles. The molecule has 2 atom stereocenters. The molecule has 0 amide bonds. The molecule has 0 aliphatic carbocycles. The van der Waals surface area contributed by atoms with Crippen molar-refractivity contribution in [2.45, 2.75) is 20.3 Å². The fourth-order valence-electron chi connectivity index (χ4n) is 2.40. The van der Waals surface area contributed by atoms with Crippen LogP contribution < -0.4 is 5.32 Å². The minimum atomic E-state index is 0.209. The van der Waals surface area contributed by atoms with E-state index in [2.05, 4.69) is 31.3 Å². The fourth-order valence-corrected chi connectivity index (χ4v) is 2.40. The zero-order valence-electron chi connectivity index (χ0n) is 9.99. The van der Waals surface area contributed by atoms with Crippen LogP contribution in [0.25, 0.3) is 0 Å². The average Bonchev–Trinajstić information content (AvgIpc) is 2.64. The Morgan fingerprint density at radius 2 is 2.25 bits per heavy atom. The number of hydrogen-bond donors (Lipinski definition) is 1. The summed E-state index contributed by atoms with van der Waals surface area (Å²) in [4.78, 5) is 12.1. The molecule has 1 saturated heterocycles. The number of ketones is 1. The second-order valence-electron chi connectivity index (χ2n) is 4.87. The minimum absolute atomic E-state index is 0.209. The third-order valence-corrected chi connectivity index (χ3v) is 3.39. The van der Waals surface area contributed by atoms with Gasteiger partial charge >= 0.3 is 0 Å². The zero-order valence-corrected chi connectivity index (χ0v) is 9.99. The molecular formula is C14H19NO. The lowest BCUT2D eigenvalue weighted by Crippen LogP contribution is -2.23. The number of hydrogen-bond acceptors (Lipinski definition) is 2. The second-order valence-corrected chi connectivity index (χ2v) is 4.87. The van der Waals surface area contributed by atoms with Gasteiger partial charge in [0.15, 0.2) is 0 Å². The summed E-state index contributed by atoms with van der Waals surface area (Å²) < 4.78 is 0. The van der Waals surface area contributed by atoms with Gasteiger partial charge in [-0.1, -0.05) is 36.8 Å². The smallest absolute Gasteiger partial charge is 0.141 e. The number of nitrogens with one attached hydrogen (secondary N) is 1. The Morgan fingerprint density at radius 3 is 2.88 bits per heavy atom. The zero-order chi connectivity index (χ0) is 11.5. The van der Waals surface area contributed by atoms with E-state index < -0.39 is 0 Å². The van der Waals surface area contributed by atoms with Crippen LogP contribution in [-0.2, 0) is 11.2 Å². The first-order chi connectivity index (χ1) is 7.66. The van der Waals surface area contributed by atoms with Crippen molar-refractivity contribution in [1.82, 2.24) is 5.32 Å². The molecule has 1 fully saturated rings. The summed E-state index contributed by atoms with van der Waals surface area (Å²) in [6, 6.07) is 8.23. The Morgan fingerprint density at radius 1 is 1.44 bits per heavy atom. The molecule has 1 N–H and O–H groups in total. The van der Waals surface area contributed by atoms with E-state index in [0.29, 0.717) is 18.1 Å². The molecule has 86 valence electrons. The Bertz CT molecular complexity index is 386. The van der Waals surface area contributed by atoms with Gasteiger partial charge in [0.1, 0.15) is 5.78 Å². The van der Waals surface area contributed by atoms with Gasteiger partial charge in [0.25, 0.3) is 0 Å². The van der Waals surface area contributed by atoms with Gasteiger partial charge in [-0.2, -0.15) is 0 Å². The molecule has 0 spiro atoms. The number of carbonyl (C=O) groups is 1. The average molecular weight is 217 g/mol. The highest BCUT2D eigenvalue weighted by atomic mass is 16.1. The van der Waals surface area contributed by atoms with Crippen molar-refractivity contribution in [3.05, 3.63) is 35.4 Å². The van der Waals surface area contributed by atoms with Crippen LogP contribution in [0.4, 0.5) is 0 Å². The summed E-state index contributed by atoms with van der Waals surface area (Å²) in [5.74, 6) is 1.07. The molecule has 1 heterocycles. The quantitative estimate of drug-likeness (QED) is 0.838. The maximum atomic E-state index is 12.1. The number of Topliss-reactive ketones (excluding diaryl/α,β-unsaturated/α-hetero) is 1. The Hall–Kier alpha value is -1.15. The molecule has 0 radical (unpaired) electrons. The Balaban J connectivity index is 2.02. The third-order valence-electron chi connectivity index (χ3n) is 3.39. The topological polar surface area (TPSA) is 29.1 Å². The molecule has 0 saturated carbocycles. The molecule has 2 heteroatoms. The summed E-state index contributed by atoms with van der Waals surface area (Å²) in [5.41, 5.74) is 2.37. The molecule has 16 heavy (non-hydrogen) atoms. The van der Waals surface area contributed by atoms with E-state index in [4.69, 9.17) is 0 Å². The molecular weight excluding hydrogens is 198 g/mol. The van der Waals surface area contributed by atoms with Crippen LogP contribution in [0.3, 0.4) is 0 Å². The van der Waals surface area contributed by atoms with Crippen LogP contribution >= 0.6 is 0 Å². The molecule has 1 aliphatic rings. The lowest BCUT2D eigenvalue weighted by molar-refractivity contribution is -0.122. The first kappa shape index (κ1) is 11.3. The van der Waals surface area contributed by atoms with Gasteiger partial charge < -0.3 is 5.32 Å². The first-order valence-electron chi connectivity index (χ1n) is 5.96. The summed E-state index contributed by atoms with van der Waals surface area (Å²) in [7, 11) is 0. The predicted octanol–water partition coefficient (Wildman–Crippen LogP) is 1.96. The van der Waals surface area contributed by atoms with E-state index in [9.17, 15) is 4.79 Å². The van der Waals surface area contributed by atoms with E-state index in [0.717, 1.165) is 18.7 Å². The largest absolute Gasteiger partial charge is 0.316 e. The predicted molar refractivity (Wildman–Crippen MR) is 65.4 cm³/mol. The normalized spacial score (nSPS) is 24.6. The van der Waals surface area contributed by atoms with Gasteiger partial charge in [-0.3, -0.25) is 4.79 Å². The van der Waals surface area contributed by atoms with Crippen molar-refractivity contribution in [3.8, 4) is 0 Å². The van der Waals surface area contributed by atoms with Crippen molar-refractivity contribution in [3.63, 3.8) is 0 Å². The van der Waals surface area contributed by atoms with Crippen LogP contribution in [0.1, 0.15) is 18.1 Å². The fraction of sp³-hybridized carbons (Fsp3) is 0.500. The SMILES string of the molecule is Cc1cccc(CC(=O)C2CNCC2C)c1. The Labute approximate surface area is 97.1 Å². The molecule has 2 rings (SSSR count). The molecule has 1 aromatic rings. The van der Waals surface area contributed by atoms with Crippen molar-refractivity contribution < 1.29 is 4.79 Å². The van der Waals surface area contributed by atoms with Gasteiger partial charge in [-0.25, -0.2) is 0 Å². The van der Waals surface area contributed by atoms with Crippen LogP contribution in [0.5, 0.6) is 0 Å². The van der Waals surface area contributed by atoms with Crippen LogP contribution in [0, 0.1) is 18.8 Å². The summed E-state index contributed by atoms with van der Waals surface area (Å²) in [6.07, 6.45) is 0.582. The summed E-state index contributed by atoms with van der Waals surface area (Å²) >= 11 is 0. The second kappa shape index (κ2) is 4.79. The lowest BCUT2D eigenvalue weighted by atomic mass is 9.90. The highest BCUT2D eigenvalue weighted by molar-refractivity contribution is 5.84. The van der Waals surface area contributed by atoms with Gasteiger partial charge in [-0.15, -0.1) is 0 Å². The monoisotopic (exact) mass is 217 g/mol. The third kappa shape index (κ3) is 2.50. The maximum absolute atomic E-state index is 12.1. The van der Waals surface area contributed by atoms with Gasteiger partial charge in [-0.05, 0) is 24.9 Å². The molecule has 2 unspecified atom stereocenters. The van der Waals surface area contributed by atoms with E-state index in [1.54, 1.807) is 0 Å². The van der Waals surface area contributed by atoms with Crippen molar-refractivity contribution in [2.75, 3.05) is 13.1 Å². The van der Waals surface area contributed by atoms with Crippen molar-refractivity contribution in [2.24, 2.45) is 11.8 Å². The van der Waals surface area contributed by atoms with Crippen LogP contribution in [-0.4, -0.2) is 18.9 Å². The van der Waals surface area contributed by atoms with Crippen LogP contribution in [0.15, 0.2) is 24.3 Å². The highest BCUT2D eigenvalue weighted by Crippen LogP contribution is 2.19. The van der Waals surface area contributed by atoms with E-state index in [1.807, 2.05) is 12.1 Å². The van der Waals surface area contributed by atoms with E-state index in [1.165, 1.54) is 5.56 Å². The Kier molecular flexibility index (Phi) is 3.39. The summed E-state index contributed by atoms with van der Waals surface area (Å²) in [5, 5.41) is 3.28. The number of rotatable bonds is 3. The first-order valence-corrected chi connectivity index (χ1v) is 5.96. The lowest BCUT2D eigenvalue weighted by Gasteiger charge is -2.12. The number of carbonyl (C=O) groups excluding carboxylic acids is 1. The maximum Gasteiger partial charge on any atom is 0.141 e. The number of aryl methyl sites for hydroxylation is 1. The van der Waals surface area contributed by atoms with Crippen molar-refractivity contribution in [1.29, 1.82) is 0 Å². The minimum Gasteiger partial charge on any atom is -0.316 e. The highest BCUT2D eigenvalue weighted by Gasteiger charge is 2.28. The standard InChI is InChI=1S/C14H19NO/c1-10-4-3-5-12(6-10)7-14(16)13-9-15-8-11(13)2/h3-6,11,13,15H,7-9H2,1-2H3. The van der Waals surface area contributed by atoms with Gasteiger partial charge in [0.2, 0.25) is 0 Å². The molecule has 2 nitrogen and oxygen atoms in total. The van der Waals surface area contributed by atoms with E-state index >= 15 is 0 Å². The van der Waals surface area contributed by atoms with Gasteiger partial charge in [0.05, 0.1) is 0 Å². The summed E-state index contributed by atoms with van der Waals surface area (Å²) in [6.45, 7) is 6.04. The molecule has 0 bridgehead atoms. The van der Waals surface area contributed by atoms with Crippen LogP contribution in [0.2, 0.25) is 0 Å². The number of benzene rings is 1. The van der Waals surface area contributed by atoms with Crippen molar-refractivity contribution >= 4 is 5.78 Å². The van der Waals surface area contributed by atoms with E-state index in [-0.39, 0.29) is 5.92 Å². The molecule has 0 aromatic heterocycles.